The standard InChI is InChI=1S/C18H22FNO/c1-12(2)16-5-4-13(3)18(9-16)21-11-15-6-14(10-20)7-17(19)8-15/h4-9,12H,10-11,20H2,1-3H3. The predicted molar refractivity (Wildman–Crippen MR) is 83.9 cm³/mol. The molecule has 0 saturated carbocycles. The van der Waals surface area contributed by atoms with Gasteiger partial charge in [0, 0.05) is 6.54 Å². The van der Waals surface area contributed by atoms with E-state index < -0.39 is 0 Å². The van der Waals surface area contributed by atoms with Gasteiger partial charge in [-0.15, -0.1) is 0 Å². The molecule has 2 N–H and O–H groups in total. The van der Waals surface area contributed by atoms with Gasteiger partial charge in [-0.25, -0.2) is 4.39 Å². The minimum absolute atomic E-state index is 0.274. The lowest BCUT2D eigenvalue weighted by molar-refractivity contribution is 0.303. The fourth-order valence-corrected chi connectivity index (χ4v) is 2.21. The molecule has 0 spiro atoms. The first-order chi connectivity index (χ1) is 9.99. The predicted octanol–water partition coefficient (Wildman–Crippen LogP) is 4.30. The second-order valence-corrected chi connectivity index (χ2v) is 5.64. The molecule has 0 fully saturated rings. The number of benzene rings is 2. The highest BCUT2D eigenvalue weighted by atomic mass is 19.1. The van der Waals surface area contributed by atoms with Gasteiger partial charge in [-0.2, -0.15) is 0 Å². The van der Waals surface area contributed by atoms with E-state index in [1.165, 1.54) is 17.7 Å². The molecule has 3 heteroatoms. The summed E-state index contributed by atoms with van der Waals surface area (Å²) in [4.78, 5) is 0. The number of hydrogen-bond acceptors (Lipinski definition) is 2. The normalized spacial score (nSPS) is 11.0. The van der Waals surface area contributed by atoms with Crippen molar-refractivity contribution in [3.63, 3.8) is 0 Å². The second-order valence-electron chi connectivity index (χ2n) is 5.64. The molecular formula is C18H22FNO. The van der Waals surface area contributed by atoms with Crippen molar-refractivity contribution in [1.82, 2.24) is 0 Å². The zero-order chi connectivity index (χ0) is 15.4. The highest BCUT2D eigenvalue weighted by molar-refractivity contribution is 5.38. The monoisotopic (exact) mass is 287 g/mol. The Morgan fingerprint density at radius 2 is 1.81 bits per heavy atom. The molecule has 0 atom stereocenters. The van der Waals surface area contributed by atoms with E-state index in [1.807, 2.05) is 13.0 Å². The topological polar surface area (TPSA) is 35.2 Å². The lowest BCUT2D eigenvalue weighted by atomic mass is 10.0. The van der Waals surface area contributed by atoms with Crippen LogP contribution in [0.5, 0.6) is 5.75 Å². The average molecular weight is 287 g/mol. The molecule has 2 aromatic carbocycles. The maximum atomic E-state index is 13.5. The maximum Gasteiger partial charge on any atom is 0.123 e. The Balaban J connectivity index is 2.16. The van der Waals surface area contributed by atoms with E-state index in [0.29, 0.717) is 19.1 Å². The van der Waals surface area contributed by atoms with Crippen molar-refractivity contribution in [3.05, 3.63) is 64.5 Å². The molecule has 0 unspecified atom stereocenters. The van der Waals surface area contributed by atoms with Crippen molar-refractivity contribution in [2.75, 3.05) is 0 Å². The van der Waals surface area contributed by atoms with Crippen LogP contribution in [0.2, 0.25) is 0 Å². The molecule has 0 bridgehead atoms. The third kappa shape index (κ3) is 4.05. The molecular weight excluding hydrogens is 265 g/mol. The smallest absolute Gasteiger partial charge is 0.123 e. The number of hydrogen-bond donors (Lipinski definition) is 1. The van der Waals surface area contributed by atoms with Crippen molar-refractivity contribution in [2.24, 2.45) is 5.73 Å². The molecule has 2 rings (SSSR count). The largest absolute Gasteiger partial charge is 0.489 e. The minimum atomic E-state index is -0.274. The van der Waals surface area contributed by atoms with Crippen LogP contribution in [0.4, 0.5) is 4.39 Å². The quantitative estimate of drug-likeness (QED) is 0.890. The van der Waals surface area contributed by atoms with Gasteiger partial charge in [0.25, 0.3) is 0 Å². The molecule has 0 aliphatic heterocycles. The average Bonchev–Trinajstić information content (AvgIpc) is 2.45. The van der Waals surface area contributed by atoms with Crippen molar-refractivity contribution in [2.45, 2.75) is 39.8 Å². The first-order valence-electron chi connectivity index (χ1n) is 7.21. The molecule has 0 aliphatic carbocycles. The van der Waals surface area contributed by atoms with Gasteiger partial charge in [0.05, 0.1) is 0 Å². The molecule has 0 aliphatic rings. The van der Waals surface area contributed by atoms with Crippen LogP contribution in [0.3, 0.4) is 0 Å². The fourth-order valence-electron chi connectivity index (χ4n) is 2.21. The van der Waals surface area contributed by atoms with Gasteiger partial charge in [-0.1, -0.05) is 32.0 Å². The number of ether oxygens (including phenoxy) is 1. The zero-order valence-corrected chi connectivity index (χ0v) is 12.8. The van der Waals surface area contributed by atoms with Crippen LogP contribution in [-0.4, -0.2) is 0 Å². The Bertz CT molecular complexity index is 623. The van der Waals surface area contributed by atoms with Crippen molar-refractivity contribution in [3.8, 4) is 5.75 Å². The van der Waals surface area contributed by atoms with Gasteiger partial charge in [-0.3, -0.25) is 0 Å². The molecule has 0 radical (unpaired) electrons. The number of rotatable bonds is 5. The van der Waals surface area contributed by atoms with E-state index in [9.17, 15) is 4.39 Å². The van der Waals surface area contributed by atoms with Crippen LogP contribution in [0.25, 0.3) is 0 Å². The number of halogens is 1. The third-order valence-electron chi connectivity index (χ3n) is 3.53. The number of nitrogens with two attached hydrogens (primary N) is 1. The summed E-state index contributed by atoms with van der Waals surface area (Å²) in [5.74, 6) is 1.02. The first kappa shape index (κ1) is 15.5. The zero-order valence-electron chi connectivity index (χ0n) is 12.8. The molecule has 21 heavy (non-hydrogen) atoms. The molecule has 0 amide bonds. The lowest BCUT2D eigenvalue weighted by Gasteiger charge is -2.13. The Hall–Kier alpha value is -1.87. The molecule has 112 valence electrons. The van der Waals surface area contributed by atoms with Crippen molar-refractivity contribution >= 4 is 0 Å². The van der Waals surface area contributed by atoms with E-state index in [0.717, 1.165) is 22.4 Å². The number of aryl methyl sites for hydroxylation is 1. The summed E-state index contributed by atoms with van der Waals surface area (Å²) in [6, 6.07) is 11.0. The summed E-state index contributed by atoms with van der Waals surface area (Å²) in [5.41, 5.74) is 9.45. The van der Waals surface area contributed by atoms with Crippen LogP contribution in [0.1, 0.15) is 42.0 Å². The van der Waals surface area contributed by atoms with Crippen LogP contribution in [0, 0.1) is 12.7 Å². The Morgan fingerprint density at radius 1 is 1.10 bits per heavy atom. The maximum absolute atomic E-state index is 13.5. The second kappa shape index (κ2) is 6.72. The SMILES string of the molecule is Cc1ccc(C(C)C)cc1OCc1cc(F)cc(CN)c1. The summed E-state index contributed by atoms with van der Waals surface area (Å²) in [5, 5.41) is 0. The molecule has 0 saturated heterocycles. The highest BCUT2D eigenvalue weighted by Gasteiger charge is 2.06. The van der Waals surface area contributed by atoms with Gasteiger partial charge >= 0.3 is 0 Å². The molecule has 2 nitrogen and oxygen atoms in total. The van der Waals surface area contributed by atoms with E-state index in [4.69, 9.17) is 10.5 Å². The summed E-state index contributed by atoms with van der Waals surface area (Å²) in [6.07, 6.45) is 0. The van der Waals surface area contributed by atoms with Crippen LogP contribution in [0.15, 0.2) is 36.4 Å². The van der Waals surface area contributed by atoms with Gasteiger partial charge in [0.1, 0.15) is 18.2 Å². The minimum Gasteiger partial charge on any atom is -0.489 e. The van der Waals surface area contributed by atoms with Crippen LogP contribution < -0.4 is 10.5 Å². The highest BCUT2D eigenvalue weighted by Crippen LogP contribution is 2.25. The van der Waals surface area contributed by atoms with Gasteiger partial charge in [0.2, 0.25) is 0 Å². The van der Waals surface area contributed by atoms with Crippen LogP contribution >= 0.6 is 0 Å². The Morgan fingerprint density at radius 3 is 2.48 bits per heavy atom. The van der Waals surface area contributed by atoms with Crippen molar-refractivity contribution in [1.29, 1.82) is 0 Å². The summed E-state index contributed by atoms with van der Waals surface area (Å²) >= 11 is 0. The first-order valence-corrected chi connectivity index (χ1v) is 7.21. The third-order valence-corrected chi connectivity index (χ3v) is 3.53. The lowest BCUT2D eigenvalue weighted by Crippen LogP contribution is -2.02. The van der Waals surface area contributed by atoms with Crippen LogP contribution in [-0.2, 0) is 13.2 Å². The van der Waals surface area contributed by atoms with Crippen molar-refractivity contribution < 1.29 is 9.13 Å². The van der Waals surface area contributed by atoms with E-state index in [-0.39, 0.29) is 5.82 Å². The molecule has 0 aromatic heterocycles. The van der Waals surface area contributed by atoms with Gasteiger partial charge in [0.15, 0.2) is 0 Å². The van der Waals surface area contributed by atoms with E-state index >= 15 is 0 Å². The van der Waals surface area contributed by atoms with E-state index in [2.05, 4.69) is 32.0 Å². The van der Waals surface area contributed by atoms with E-state index in [1.54, 1.807) is 0 Å². The Labute approximate surface area is 125 Å². The summed E-state index contributed by atoms with van der Waals surface area (Å²) in [6.45, 7) is 6.97. The Kier molecular flexibility index (Phi) is 4.97. The summed E-state index contributed by atoms with van der Waals surface area (Å²) < 4.78 is 19.3. The molecule has 0 heterocycles. The molecule has 2 aromatic rings. The van der Waals surface area contributed by atoms with Gasteiger partial charge < -0.3 is 10.5 Å². The van der Waals surface area contributed by atoms with Gasteiger partial charge in [-0.05, 0) is 53.3 Å². The fraction of sp³-hybridized carbons (Fsp3) is 0.333. The summed E-state index contributed by atoms with van der Waals surface area (Å²) in [7, 11) is 0.